The lowest BCUT2D eigenvalue weighted by molar-refractivity contribution is -0.116. The van der Waals surface area contributed by atoms with E-state index in [2.05, 4.69) is 15.3 Å². The van der Waals surface area contributed by atoms with Gasteiger partial charge in [0.1, 0.15) is 16.5 Å². The van der Waals surface area contributed by atoms with Crippen LogP contribution >= 0.6 is 11.6 Å². The summed E-state index contributed by atoms with van der Waals surface area (Å²) in [6.45, 7) is 1.18. The van der Waals surface area contributed by atoms with Crippen molar-refractivity contribution in [2.75, 3.05) is 19.0 Å². The van der Waals surface area contributed by atoms with Crippen LogP contribution in [0.1, 0.15) is 11.3 Å². The van der Waals surface area contributed by atoms with Crippen LogP contribution < -0.4 is 15.6 Å². The molecular weight excluding hydrogens is 528 g/mol. The molecule has 0 aliphatic carbocycles. The van der Waals surface area contributed by atoms with E-state index in [4.69, 9.17) is 16.3 Å². The van der Waals surface area contributed by atoms with E-state index in [1.807, 2.05) is 6.07 Å². The second-order valence-corrected chi connectivity index (χ2v) is 10.8. The Morgan fingerprint density at radius 1 is 1.05 bits per heavy atom. The SMILES string of the molecule is COc1ccc(Cl)cc1S(=O)(=O)N(CC(=O)Nc1cccc(-c2nc(C)cc(=O)[nH]2)c1)Cc1ccccc1. The van der Waals surface area contributed by atoms with Crippen LogP contribution in [0.3, 0.4) is 0 Å². The van der Waals surface area contributed by atoms with Gasteiger partial charge in [-0.3, -0.25) is 9.59 Å². The van der Waals surface area contributed by atoms with E-state index < -0.39 is 22.5 Å². The van der Waals surface area contributed by atoms with Gasteiger partial charge in [-0.05, 0) is 42.8 Å². The Morgan fingerprint density at radius 2 is 1.82 bits per heavy atom. The lowest BCUT2D eigenvalue weighted by atomic mass is 10.2. The van der Waals surface area contributed by atoms with Crippen molar-refractivity contribution < 1.29 is 17.9 Å². The summed E-state index contributed by atoms with van der Waals surface area (Å²) in [6.07, 6.45) is 0. The molecule has 1 heterocycles. The van der Waals surface area contributed by atoms with Crippen molar-refractivity contribution in [3.63, 3.8) is 0 Å². The van der Waals surface area contributed by atoms with Crippen LogP contribution in [0.5, 0.6) is 5.75 Å². The molecule has 0 radical (unpaired) electrons. The van der Waals surface area contributed by atoms with E-state index >= 15 is 0 Å². The predicted molar refractivity (Wildman–Crippen MR) is 146 cm³/mol. The van der Waals surface area contributed by atoms with Crippen molar-refractivity contribution in [2.24, 2.45) is 0 Å². The number of sulfonamides is 1. The number of aromatic amines is 1. The molecule has 1 aromatic heterocycles. The number of ether oxygens (including phenoxy) is 1. The third-order valence-electron chi connectivity index (χ3n) is 5.55. The topological polar surface area (TPSA) is 121 Å². The number of halogens is 1. The Hall–Kier alpha value is -3.99. The number of nitrogens with one attached hydrogen (secondary N) is 2. The minimum absolute atomic E-state index is 0.0548. The van der Waals surface area contributed by atoms with E-state index in [0.717, 1.165) is 4.31 Å². The smallest absolute Gasteiger partial charge is 0.251 e. The number of benzene rings is 3. The minimum atomic E-state index is -4.20. The number of anilines is 1. The molecule has 0 atom stereocenters. The largest absolute Gasteiger partial charge is 0.495 e. The van der Waals surface area contributed by atoms with Gasteiger partial charge in [0.15, 0.2) is 0 Å². The molecule has 4 rings (SSSR count). The summed E-state index contributed by atoms with van der Waals surface area (Å²) < 4.78 is 33.8. The highest BCUT2D eigenvalue weighted by Gasteiger charge is 2.30. The molecule has 4 aromatic rings. The molecule has 0 aliphatic heterocycles. The van der Waals surface area contributed by atoms with Gasteiger partial charge in [0.2, 0.25) is 15.9 Å². The van der Waals surface area contributed by atoms with Gasteiger partial charge < -0.3 is 15.0 Å². The number of amides is 1. The number of carbonyl (C=O) groups excluding carboxylic acids is 1. The van der Waals surface area contributed by atoms with Crippen LogP contribution in [0.15, 0.2) is 88.6 Å². The van der Waals surface area contributed by atoms with E-state index in [1.165, 1.54) is 31.4 Å². The van der Waals surface area contributed by atoms with Gasteiger partial charge in [-0.15, -0.1) is 0 Å². The highest BCUT2D eigenvalue weighted by atomic mass is 35.5. The van der Waals surface area contributed by atoms with Crippen molar-refractivity contribution in [1.29, 1.82) is 0 Å². The Labute approximate surface area is 225 Å². The summed E-state index contributed by atoms with van der Waals surface area (Å²) >= 11 is 6.10. The van der Waals surface area contributed by atoms with Gasteiger partial charge in [0.05, 0.1) is 13.7 Å². The van der Waals surface area contributed by atoms with Crippen molar-refractivity contribution in [3.8, 4) is 17.1 Å². The fourth-order valence-electron chi connectivity index (χ4n) is 3.82. The molecule has 0 aliphatic rings. The van der Waals surface area contributed by atoms with E-state index in [9.17, 15) is 18.0 Å². The standard InChI is InChI=1S/C27H25ClN4O5S/c1-18-13-25(33)31-27(29-18)20-9-6-10-22(14-20)30-26(34)17-32(16-19-7-4-3-5-8-19)38(35,36)24-15-21(28)11-12-23(24)37-2/h3-15H,16-17H2,1-2H3,(H,30,34)(H,29,31,33). The Kier molecular flexibility index (Phi) is 8.26. The summed E-state index contributed by atoms with van der Waals surface area (Å²) in [5.74, 6) is -0.0963. The zero-order valence-electron chi connectivity index (χ0n) is 20.6. The zero-order valence-corrected chi connectivity index (χ0v) is 22.2. The molecule has 0 fully saturated rings. The molecule has 0 bridgehead atoms. The number of H-pyrrole nitrogens is 1. The highest BCUT2D eigenvalue weighted by Crippen LogP contribution is 2.30. The average molecular weight is 553 g/mol. The first kappa shape index (κ1) is 27.1. The normalized spacial score (nSPS) is 11.4. The van der Waals surface area contributed by atoms with Crippen molar-refractivity contribution >= 4 is 33.2 Å². The molecule has 2 N–H and O–H groups in total. The first-order chi connectivity index (χ1) is 18.2. The molecule has 196 valence electrons. The number of nitrogens with zero attached hydrogens (tertiary/aromatic N) is 2. The molecular formula is C27H25ClN4O5S. The van der Waals surface area contributed by atoms with Gasteiger partial charge in [0.25, 0.3) is 5.56 Å². The summed E-state index contributed by atoms with van der Waals surface area (Å²) in [7, 11) is -2.84. The van der Waals surface area contributed by atoms with Gasteiger partial charge in [-0.25, -0.2) is 13.4 Å². The van der Waals surface area contributed by atoms with Crippen molar-refractivity contribution in [3.05, 3.63) is 105 Å². The maximum absolute atomic E-state index is 13.7. The third-order valence-corrected chi connectivity index (χ3v) is 7.60. The zero-order chi connectivity index (χ0) is 27.3. The fourth-order valence-corrected chi connectivity index (χ4v) is 5.63. The summed E-state index contributed by atoms with van der Waals surface area (Å²) in [4.78, 5) is 31.8. The van der Waals surface area contributed by atoms with Crippen LogP contribution in [0.25, 0.3) is 11.4 Å². The number of aromatic nitrogens is 2. The van der Waals surface area contributed by atoms with Gasteiger partial charge in [0, 0.05) is 34.6 Å². The van der Waals surface area contributed by atoms with Crippen LogP contribution in [0.4, 0.5) is 5.69 Å². The van der Waals surface area contributed by atoms with E-state index in [0.29, 0.717) is 28.3 Å². The molecule has 3 aromatic carbocycles. The van der Waals surface area contributed by atoms with E-state index in [1.54, 1.807) is 55.5 Å². The first-order valence-electron chi connectivity index (χ1n) is 11.5. The third kappa shape index (κ3) is 6.46. The molecule has 0 saturated heterocycles. The number of hydrogen-bond donors (Lipinski definition) is 2. The molecule has 38 heavy (non-hydrogen) atoms. The van der Waals surface area contributed by atoms with Crippen molar-refractivity contribution in [2.45, 2.75) is 18.4 Å². The molecule has 9 nitrogen and oxygen atoms in total. The summed E-state index contributed by atoms with van der Waals surface area (Å²) in [5, 5.41) is 2.95. The first-order valence-corrected chi connectivity index (χ1v) is 13.3. The maximum atomic E-state index is 13.7. The predicted octanol–water partition coefficient (Wildman–Crippen LogP) is 4.24. The lowest BCUT2D eigenvalue weighted by Crippen LogP contribution is -2.37. The number of aryl methyl sites for hydroxylation is 1. The van der Waals surface area contributed by atoms with Gasteiger partial charge >= 0.3 is 0 Å². The van der Waals surface area contributed by atoms with Crippen LogP contribution in [0.2, 0.25) is 5.02 Å². The van der Waals surface area contributed by atoms with Crippen LogP contribution in [-0.2, 0) is 21.4 Å². The molecule has 0 saturated carbocycles. The number of methoxy groups -OCH3 is 1. The van der Waals surface area contributed by atoms with Crippen LogP contribution in [-0.4, -0.2) is 42.3 Å². The second-order valence-electron chi connectivity index (χ2n) is 8.42. The Balaban J connectivity index is 1.63. The molecule has 0 unspecified atom stereocenters. The number of hydrogen-bond acceptors (Lipinski definition) is 6. The molecule has 1 amide bonds. The minimum Gasteiger partial charge on any atom is -0.495 e. The number of rotatable bonds is 9. The molecule has 11 heteroatoms. The van der Waals surface area contributed by atoms with E-state index in [-0.39, 0.29) is 27.8 Å². The Morgan fingerprint density at radius 3 is 2.53 bits per heavy atom. The fraction of sp³-hybridized carbons (Fsp3) is 0.148. The van der Waals surface area contributed by atoms with Crippen molar-refractivity contribution in [1.82, 2.24) is 14.3 Å². The Bertz CT molecular complexity index is 1620. The van der Waals surface area contributed by atoms with Crippen LogP contribution in [0, 0.1) is 6.92 Å². The van der Waals surface area contributed by atoms with Gasteiger partial charge in [-0.2, -0.15) is 4.31 Å². The highest BCUT2D eigenvalue weighted by molar-refractivity contribution is 7.89. The summed E-state index contributed by atoms with van der Waals surface area (Å²) in [6, 6.07) is 21.3. The molecule has 0 spiro atoms. The maximum Gasteiger partial charge on any atom is 0.251 e. The van der Waals surface area contributed by atoms with Gasteiger partial charge in [-0.1, -0.05) is 54.1 Å². The summed E-state index contributed by atoms with van der Waals surface area (Å²) in [5.41, 5.74) is 1.95. The monoisotopic (exact) mass is 552 g/mol. The average Bonchev–Trinajstić information content (AvgIpc) is 2.88. The number of carbonyl (C=O) groups is 1. The quantitative estimate of drug-likeness (QED) is 0.320. The second kappa shape index (κ2) is 11.6. The lowest BCUT2D eigenvalue weighted by Gasteiger charge is -2.23.